The highest BCUT2D eigenvalue weighted by Crippen LogP contribution is 2.20. The Hall–Kier alpha value is -2.63. The summed E-state index contributed by atoms with van der Waals surface area (Å²) in [4.78, 5) is 51.1. The third-order valence-corrected chi connectivity index (χ3v) is 5.72. The van der Waals surface area contributed by atoms with Crippen LogP contribution in [0.5, 0.6) is 0 Å². The minimum Gasteiger partial charge on any atom is -0.480 e. The Labute approximate surface area is 191 Å². The van der Waals surface area contributed by atoms with E-state index in [4.69, 9.17) is 10.8 Å². The maximum Gasteiger partial charge on any atom is 0.327 e. The molecule has 11 heteroatoms. The quantitative estimate of drug-likeness (QED) is 0.239. The minimum absolute atomic E-state index is 0.0916. The number of carbonyl (C=O) groups excluding carboxylic acids is 3. The maximum atomic E-state index is 13.4. The molecule has 176 valence electrons. The van der Waals surface area contributed by atoms with Crippen molar-refractivity contribution in [3.05, 3.63) is 35.9 Å². The van der Waals surface area contributed by atoms with Gasteiger partial charge in [0.2, 0.25) is 17.7 Å². The average molecular weight is 467 g/mol. The van der Waals surface area contributed by atoms with E-state index in [2.05, 4.69) is 23.3 Å². The van der Waals surface area contributed by atoms with Gasteiger partial charge in [0.05, 0.1) is 6.10 Å². The molecule has 0 aliphatic carbocycles. The largest absolute Gasteiger partial charge is 0.480 e. The van der Waals surface area contributed by atoms with Crippen LogP contribution < -0.4 is 16.4 Å². The van der Waals surface area contributed by atoms with E-state index in [-0.39, 0.29) is 12.2 Å². The second-order valence-electron chi connectivity index (χ2n) is 7.79. The number of carboxylic acid groups (broad SMARTS) is 1. The fourth-order valence-electron chi connectivity index (χ4n) is 3.49. The normalized spacial score (nSPS) is 19.5. The summed E-state index contributed by atoms with van der Waals surface area (Å²) in [6.07, 6.45) is -0.0175. The number of hydrogen-bond donors (Lipinski definition) is 6. The molecule has 32 heavy (non-hydrogen) atoms. The van der Waals surface area contributed by atoms with E-state index in [0.717, 1.165) is 5.56 Å². The number of nitrogens with one attached hydrogen (secondary N) is 2. The summed E-state index contributed by atoms with van der Waals surface area (Å²) >= 11 is 3.94. The van der Waals surface area contributed by atoms with Crippen molar-refractivity contribution >= 4 is 36.3 Å². The summed E-state index contributed by atoms with van der Waals surface area (Å²) in [6, 6.07) is 4.78. The van der Waals surface area contributed by atoms with Gasteiger partial charge in [-0.3, -0.25) is 14.4 Å². The molecule has 0 saturated carbocycles. The smallest absolute Gasteiger partial charge is 0.327 e. The first-order valence-corrected chi connectivity index (χ1v) is 11.0. The summed E-state index contributed by atoms with van der Waals surface area (Å²) in [5, 5.41) is 23.8. The summed E-state index contributed by atoms with van der Waals surface area (Å²) in [5.74, 6) is -3.05. The number of likely N-dealkylation sites (tertiary alicyclic amines) is 1. The van der Waals surface area contributed by atoms with Crippen LogP contribution in [0.2, 0.25) is 0 Å². The van der Waals surface area contributed by atoms with Gasteiger partial charge in [-0.2, -0.15) is 12.6 Å². The van der Waals surface area contributed by atoms with E-state index in [1.54, 1.807) is 24.3 Å². The van der Waals surface area contributed by atoms with Gasteiger partial charge in [0.25, 0.3) is 0 Å². The Bertz CT molecular complexity index is 822. The molecule has 3 amide bonds. The van der Waals surface area contributed by atoms with Gasteiger partial charge >= 0.3 is 5.97 Å². The van der Waals surface area contributed by atoms with Crippen LogP contribution in [0, 0.1) is 0 Å². The average Bonchev–Trinajstić information content (AvgIpc) is 3.26. The first-order valence-electron chi connectivity index (χ1n) is 10.4. The molecule has 10 nitrogen and oxygen atoms in total. The zero-order valence-corrected chi connectivity index (χ0v) is 18.7. The topological polar surface area (TPSA) is 162 Å². The standard InChI is InChI=1S/C21H30N4O6S/c1-12(26)17(22)19(28)23-14(10-13-6-3-2-4-7-13)20(29)25-9-5-8-16(25)18(27)24-15(11-32)21(30)31/h2-4,6-7,12,14-17,26,32H,5,8-11,22H2,1H3,(H,23,28)(H,24,27)(H,30,31). The van der Waals surface area contributed by atoms with Gasteiger partial charge in [-0.15, -0.1) is 0 Å². The number of rotatable bonds is 10. The van der Waals surface area contributed by atoms with Crippen molar-refractivity contribution < 1.29 is 29.4 Å². The van der Waals surface area contributed by atoms with E-state index < -0.39 is 54.0 Å². The van der Waals surface area contributed by atoms with Crippen molar-refractivity contribution in [3.63, 3.8) is 0 Å². The molecule has 5 unspecified atom stereocenters. The SMILES string of the molecule is CC(O)C(N)C(=O)NC(Cc1ccccc1)C(=O)N1CCCC1C(=O)NC(CS)C(=O)O. The number of carbonyl (C=O) groups is 4. The number of aliphatic hydroxyl groups is 1. The van der Waals surface area contributed by atoms with Crippen LogP contribution in [0.15, 0.2) is 30.3 Å². The molecule has 1 aromatic rings. The van der Waals surface area contributed by atoms with Crippen LogP contribution in [0.3, 0.4) is 0 Å². The molecule has 1 aliphatic heterocycles. The highest BCUT2D eigenvalue weighted by atomic mass is 32.1. The zero-order valence-electron chi connectivity index (χ0n) is 17.8. The molecule has 1 aromatic carbocycles. The van der Waals surface area contributed by atoms with E-state index in [1.165, 1.54) is 11.8 Å². The van der Waals surface area contributed by atoms with Crippen molar-refractivity contribution in [1.29, 1.82) is 0 Å². The second-order valence-corrected chi connectivity index (χ2v) is 8.15. The number of benzene rings is 1. The molecule has 0 radical (unpaired) electrons. The van der Waals surface area contributed by atoms with Gasteiger partial charge in [0.15, 0.2) is 0 Å². The molecule has 0 bridgehead atoms. The van der Waals surface area contributed by atoms with Gasteiger partial charge in [-0.05, 0) is 25.3 Å². The lowest BCUT2D eigenvalue weighted by Gasteiger charge is -2.30. The molecule has 2 rings (SSSR count). The van der Waals surface area contributed by atoms with Crippen molar-refractivity contribution in [3.8, 4) is 0 Å². The van der Waals surface area contributed by atoms with Crippen LogP contribution in [-0.4, -0.2) is 81.4 Å². The molecule has 6 N–H and O–H groups in total. The molecule has 0 spiro atoms. The first-order chi connectivity index (χ1) is 15.1. The van der Waals surface area contributed by atoms with Crippen LogP contribution in [-0.2, 0) is 25.6 Å². The zero-order chi connectivity index (χ0) is 23.8. The summed E-state index contributed by atoms with van der Waals surface area (Å²) in [5.41, 5.74) is 6.51. The Morgan fingerprint density at radius 1 is 1.19 bits per heavy atom. The number of hydrogen-bond acceptors (Lipinski definition) is 7. The van der Waals surface area contributed by atoms with Crippen molar-refractivity contribution in [1.82, 2.24) is 15.5 Å². The summed E-state index contributed by atoms with van der Waals surface area (Å²) in [7, 11) is 0. The number of nitrogens with zero attached hydrogens (tertiary/aromatic N) is 1. The van der Waals surface area contributed by atoms with E-state index in [0.29, 0.717) is 19.4 Å². The molecule has 0 aromatic heterocycles. The van der Waals surface area contributed by atoms with Crippen LogP contribution in [0.25, 0.3) is 0 Å². The van der Waals surface area contributed by atoms with Gasteiger partial charge in [-0.1, -0.05) is 30.3 Å². The monoisotopic (exact) mass is 466 g/mol. The highest BCUT2D eigenvalue weighted by Gasteiger charge is 2.39. The Morgan fingerprint density at radius 3 is 2.41 bits per heavy atom. The third-order valence-electron chi connectivity index (χ3n) is 5.36. The number of aliphatic carboxylic acids is 1. The van der Waals surface area contributed by atoms with Gasteiger partial charge in [0.1, 0.15) is 24.2 Å². The maximum absolute atomic E-state index is 13.4. The summed E-state index contributed by atoms with van der Waals surface area (Å²) < 4.78 is 0. The third kappa shape index (κ3) is 6.68. The number of nitrogens with two attached hydrogens (primary N) is 1. The Balaban J connectivity index is 2.21. The van der Waals surface area contributed by atoms with E-state index in [9.17, 15) is 24.3 Å². The number of amides is 3. The fraction of sp³-hybridized carbons (Fsp3) is 0.524. The molecule has 1 saturated heterocycles. The lowest BCUT2D eigenvalue weighted by Crippen LogP contribution is -2.58. The van der Waals surface area contributed by atoms with Crippen LogP contribution in [0.1, 0.15) is 25.3 Å². The van der Waals surface area contributed by atoms with Gasteiger partial charge in [-0.25, -0.2) is 4.79 Å². The predicted octanol–water partition coefficient (Wildman–Crippen LogP) is -1.09. The Kier molecular flexibility index (Phi) is 9.48. The summed E-state index contributed by atoms with van der Waals surface area (Å²) in [6.45, 7) is 1.67. The second kappa shape index (κ2) is 11.8. The fourth-order valence-corrected chi connectivity index (χ4v) is 3.74. The van der Waals surface area contributed by atoms with Crippen molar-refractivity contribution in [2.45, 2.75) is 56.5 Å². The van der Waals surface area contributed by atoms with E-state index in [1.807, 2.05) is 6.07 Å². The van der Waals surface area contributed by atoms with Crippen molar-refractivity contribution in [2.75, 3.05) is 12.3 Å². The van der Waals surface area contributed by atoms with Gasteiger partial charge < -0.3 is 31.5 Å². The van der Waals surface area contributed by atoms with Crippen molar-refractivity contribution in [2.24, 2.45) is 5.73 Å². The van der Waals surface area contributed by atoms with Crippen LogP contribution in [0.4, 0.5) is 0 Å². The lowest BCUT2D eigenvalue weighted by molar-refractivity contribution is -0.144. The predicted molar refractivity (Wildman–Crippen MR) is 120 cm³/mol. The number of carboxylic acids is 1. The minimum atomic E-state index is -1.22. The molecular formula is C21H30N4O6S. The first kappa shape index (κ1) is 25.6. The molecular weight excluding hydrogens is 436 g/mol. The Morgan fingerprint density at radius 2 is 1.84 bits per heavy atom. The molecule has 1 heterocycles. The molecule has 5 atom stereocenters. The van der Waals surface area contributed by atoms with Gasteiger partial charge in [0, 0.05) is 18.7 Å². The lowest BCUT2D eigenvalue weighted by atomic mass is 10.0. The van der Waals surface area contributed by atoms with Crippen LogP contribution >= 0.6 is 12.6 Å². The molecule has 1 fully saturated rings. The number of thiol groups is 1. The number of aliphatic hydroxyl groups excluding tert-OH is 1. The van der Waals surface area contributed by atoms with E-state index >= 15 is 0 Å². The highest BCUT2D eigenvalue weighted by molar-refractivity contribution is 7.80. The molecule has 1 aliphatic rings.